The minimum atomic E-state index is -0.316. The first kappa shape index (κ1) is 15.3. The number of thiazole rings is 1. The van der Waals surface area contributed by atoms with Gasteiger partial charge in [-0.2, -0.15) is 0 Å². The second kappa shape index (κ2) is 6.00. The van der Waals surface area contributed by atoms with E-state index in [4.69, 9.17) is 5.73 Å². The third-order valence-corrected chi connectivity index (χ3v) is 5.87. The van der Waals surface area contributed by atoms with Gasteiger partial charge in [0.15, 0.2) is 10.3 Å². The van der Waals surface area contributed by atoms with Crippen LogP contribution in [0, 0.1) is 6.92 Å². The quantitative estimate of drug-likeness (QED) is 0.776. The van der Waals surface area contributed by atoms with Gasteiger partial charge in [0, 0.05) is 29.1 Å². The van der Waals surface area contributed by atoms with Gasteiger partial charge in [-0.1, -0.05) is 0 Å². The zero-order chi connectivity index (χ0) is 16.7. The van der Waals surface area contributed by atoms with Crippen molar-refractivity contribution in [3.8, 4) is 0 Å². The first-order valence-corrected chi connectivity index (χ1v) is 8.97. The van der Waals surface area contributed by atoms with E-state index in [0.717, 1.165) is 32.0 Å². The van der Waals surface area contributed by atoms with Crippen LogP contribution >= 0.6 is 23.1 Å². The van der Waals surface area contributed by atoms with Crippen molar-refractivity contribution in [1.29, 1.82) is 0 Å². The van der Waals surface area contributed by atoms with E-state index in [-0.39, 0.29) is 6.17 Å². The molecular formula is C15H15N7S2. The summed E-state index contributed by atoms with van der Waals surface area (Å²) in [5.74, 6) is 0. The van der Waals surface area contributed by atoms with Crippen LogP contribution < -0.4 is 10.6 Å². The highest BCUT2D eigenvalue weighted by Crippen LogP contribution is 2.40. The molecule has 0 spiro atoms. The Morgan fingerprint density at radius 2 is 2.21 bits per heavy atom. The van der Waals surface area contributed by atoms with E-state index in [2.05, 4.69) is 33.2 Å². The lowest BCUT2D eigenvalue weighted by Crippen LogP contribution is -2.36. The standard InChI is InChI=1S/C15H15N7S2/c1-9-11(24-15-20-19-8-21(15)2)4-3-10-12(9)13(16)22(7-18-10)14-17-5-6-23-14/h3-8,13H,16H2,1-2H3. The molecule has 2 N–H and O–H groups in total. The first-order chi connectivity index (χ1) is 11.6. The van der Waals surface area contributed by atoms with Gasteiger partial charge in [-0.05, 0) is 36.4 Å². The monoisotopic (exact) mass is 357 g/mol. The van der Waals surface area contributed by atoms with Gasteiger partial charge in [0.2, 0.25) is 0 Å². The number of anilines is 1. The van der Waals surface area contributed by atoms with Crippen LogP contribution in [0.4, 0.5) is 10.8 Å². The molecule has 1 unspecified atom stereocenters. The molecule has 4 rings (SSSR count). The van der Waals surface area contributed by atoms with Crippen molar-refractivity contribution >= 4 is 40.3 Å². The van der Waals surface area contributed by atoms with Crippen LogP contribution in [-0.4, -0.2) is 26.1 Å². The van der Waals surface area contributed by atoms with Gasteiger partial charge in [-0.25, -0.2) is 9.98 Å². The van der Waals surface area contributed by atoms with Crippen LogP contribution in [-0.2, 0) is 7.05 Å². The van der Waals surface area contributed by atoms with Gasteiger partial charge in [0.05, 0.1) is 12.0 Å². The van der Waals surface area contributed by atoms with Crippen molar-refractivity contribution in [2.24, 2.45) is 17.8 Å². The molecule has 0 fully saturated rings. The molecule has 0 saturated heterocycles. The summed E-state index contributed by atoms with van der Waals surface area (Å²) in [6, 6.07) is 4.05. The molecule has 0 amide bonds. The molecule has 0 radical (unpaired) electrons. The summed E-state index contributed by atoms with van der Waals surface area (Å²) in [6.45, 7) is 2.07. The Morgan fingerprint density at radius 3 is 2.92 bits per heavy atom. The van der Waals surface area contributed by atoms with Crippen LogP contribution in [0.25, 0.3) is 0 Å². The van der Waals surface area contributed by atoms with Crippen molar-refractivity contribution in [1.82, 2.24) is 19.7 Å². The molecule has 1 atom stereocenters. The number of hydrogen-bond donors (Lipinski definition) is 1. The highest BCUT2D eigenvalue weighted by atomic mass is 32.2. The Hall–Kier alpha value is -2.23. The Morgan fingerprint density at radius 1 is 1.33 bits per heavy atom. The van der Waals surface area contributed by atoms with E-state index in [1.165, 1.54) is 0 Å². The van der Waals surface area contributed by atoms with Crippen molar-refractivity contribution < 1.29 is 0 Å². The van der Waals surface area contributed by atoms with Gasteiger partial charge in [0.1, 0.15) is 12.5 Å². The number of aromatic nitrogens is 4. The van der Waals surface area contributed by atoms with Crippen LogP contribution in [0.5, 0.6) is 0 Å². The molecule has 9 heteroatoms. The lowest BCUT2D eigenvalue weighted by molar-refractivity contribution is 0.737. The summed E-state index contributed by atoms with van der Waals surface area (Å²) >= 11 is 3.11. The maximum absolute atomic E-state index is 6.51. The summed E-state index contributed by atoms with van der Waals surface area (Å²) < 4.78 is 1.89. The molecule has 122 valence electrons. The second-order valence-electron chi connectivity index (χ2n) is 5.36. The van der Waals surface area contributed by atoms with E-state index < -0.39 is 0 Å². The van der Waals surface area contributed by atoms with E-state index in [1.807, 2.05) is 28.0 Å². The van der Waals surface area contributed by atoms with Crippen molar-refractivity contribution in [3.63, 3.8) is 0 Å². The summed E-state index contributed by atoms with van der Waals surface area (Å²) in [4.78, 5) is 11.9. The topological polar surface area (TPSA) is 85.2 Å². The molecular weight excluding hydrogens is 342 g/mol. The predicted octanol–water partition coefficient (Wildman–Crippen LogP) is 2.87. The summed E-state index contributed by atoms with van der Waals surface area (Å²) in [6.07, 6.45) is 4.89. The van der Waals surface area contributed by atoms with Gasteiger partial charge >= 0.3 is 0 Å². The molecule has 3 heterocycles. The lowest BCUT2D eigenvalue weighted by Gasteiger charge is -2.30. The van der Waals surface area contributed by atoms with E-state index in [1.54, 1.807) is 42.0 Å². The van der Waals surface area contributed by atoms with Gasteiger partial charge in [0.25, 0.3) is 0 Å². The molecule has 24 heavy (non-hydrogen) atoms. The number of hydrogen-bond acceptors (Lipinski definition) is 8. The Balaban J connectivity index is 1.73. The summed E-state index contributed by atoms with van der Waals surface area (Å²) in [7, 11) is 1.93. The maximum atomic E-state index is 6.51. The van der Waals surface area contributed by atoms with Gasteiger partial charge in [-0.3, -0.25) is 4.90 Å². The van der Waals surface area contributed by atoms with Crippen molar-refractivity contribution in [2.75, 3.05) is 4.90 Å². The number of aryl methyl sites for hydroxylation is 1. The van der Waals surface area contributed by atoms with E-state index >= 15 is 0 Å². The van der Waals surface area contributed by atoms with Crippen molar-refractivity contribution in [2.45, 2.75) is 23.1 Å². The molecule has 0 bridgehead atoms. The average molecular weight is 357 g/mol. The van der Waals surface area contributed by atoms with Crippen molar-refractivity contribution in [3.05, 3.63) is 41.2 Å². The fraction of sp³-hybridized carbons (Fsp3) is 0.200. The molecule has 1 aromatic carbocycles. The van der Waals surface area contributed by atoms with Gasteiger partial charge in [-0.15, -0.1) is 21.5 Å². The fourth-order valence-corrected chi connectivity index (χ4v) is 4.12. The fourth-order valence-electron chi connectivity index (χ4n) is 2.60. The molecule has 1 aliphatic heterocycles. The third-order valence-electron chi connectivity index (χ3n) is 3.87. The molecule has 7 nitrogen and oxygen atoms in total. The largest absolute Gasteiger partial charge is 0.311 e. The molecule has 1 aliphatic rings. The van der Waals surface area contributed by atoms with Crippen LogP contribution in [0.1, 0.15) is 17.3 Å². The van der Waals surface area contributed by atoms with E-state index in [9.17, 15) is 0 Å². The number of nitrogens with two attached hydrogens (primary N) is 1. The molecule has 2 aromatic heterocycles. The van der Waals surface area contributed by atoms with Crippen LogP contribution in [0.15, 0.2) is 45.1 Å². The number of nitrogens with zero attached hydrogens (tertiary/aromatic N) is 6. The Labute approximate surface area is 147 Å². The number of benzene rings is 1. The second-order valence-corrected chi connectivity index (χ2v) is 7.24. The molecule has 0 saturated carbocycles. The average Bonchev–Trinajstić information content (AvgIpc) is 3.23. The lowest BCUT2D eigenvalue weighted by atomic mass is 10.0. The summed E-state index contributed by atoms with van der Waals surface area (Å²) in [5.41, 5.74) is 9.53. The summed E-state index contributed by atoms with van der Waals surface area (Å²) in [5, 5.41) is 11.7. The number of fused-ring (bicyclic) bond motifs is 1. The smallest absolute Gasteiger partial charge is 0.195 e. The Bertz CT molecular complexity index is 901. The highest BCUT2D eigenvalue weighted by molar-refractivity contribution is 7.99. The number of rotatable bonds is 3. The molecule has 3 aromatic rings. The first-order valence-electron chi connectivity index (χ1n) is 7.28. The van der Waals surface area contributed by atoms with E-state index in [0.29, 0.717) is 0 Å². The zero-order valence-electron chi connectivity index (χ0n) is 13.1. The van der Waals surface area contributed by atoms with Crippen LogP contribution in [0.2, 0.25) is 0 Å². The minimum Gasteiger partial charge on any atom is -0.311 e. The minimum absolute atomic E-state index is 0.316. The SMILES string of the molecule is Cc1c(Sc2nncn2C)ccc2c1C(N)N(c1nccs1)C=N2. The van der Waals surface area contributed by atoms with Crippen LogP contribution in [0.3, 0.4) is 0 Å². The molecule has 0 aliphatic carbocycles. The zero-order valence-corrected chi connectivity index (χ0v) is 14.8. The number of aliphatic imine (C=N–C) groups is 1. The normalized spacial score (nSPS) is 16.5. The highest BCUT2D eigenvalue weighted by Gasteiger charge is 2.27. The Kier molecular flexibility index (Phi) is 3.83. The maximum Gasteiger partial charge on any atom is 0.195 e. The van der Waals surface area contributed by atoms with Gasteiger partial charge < -0.3 is 10.3 Å². The third kappa shape index (κ3) is 2.50. The predicted molar refractivity (Wildman–Crippen MR) is 96.0 cm³/mol.